The van der Waals surface area contributed by atoms with Crippen LogP contribution in [0.1, 0.15) is 36.5 Å². The summed E-state index contributed by atoms with van der Waals surface area (Å²) >= 11 is 0. The number of benzene rings is 3. The Hall–Kier alpha value is -3.93. The lowest BCUT2D eigenvalue weighted by atomic mass is 9.89. The molecule has 4 aromatic rings. The van der Waals surface area contributed by atoms with E-state index in [1.807, 2.05) is 80.7 Å². The number of hydrogen-bond acceptors (Lipinski definition) is 4. The van der Waals surface area contributed by atoms with E-state index in [9.17, 15) is 4.79 Å². The van der Waals surface area contributed by atoms with Crippen molar-refractivity contribution in [2.24, 2.45) is 0 Å². The average Bonchev–Trinajstić information content (AvgIpc) is 3.28. The van der Waals surface area contributed by atoms with E-state index < -0.39 is 0 Å². The van der Waals surface area contributed by atoms with Gasteiger partial charge in [0.15, 0.2) is 11.5 Å². The monoisotopic (exact) mass is 472 g/mol. The second-order valence-electron chi connectivity index (χ2n) is 8.72. The van der Waals surface area contributed by atoms with Gasteiger partial charge in [0.2, 0.25) is 5.91 Å². The maximum absolute atomic E-state index is 13.0. The second-order valence-corrected chi connectivity index (χ2v) is 8.72. The zero-order valence-electron chi connectivity index (χ0n) is 20.6. The molecule has 0 aliphatic carbocycles. The molecule has 4 rings (SSSR count). The molecule has 0 bridgehead atoms. The molecule has 1 atom stereocenters. The first kappa shape index (κ1) is 24.2. The van der Waals surface area contributed by atoms with E-state index in [2.05, 4.69) is 16.4 Å². The van der Waals surface area contributed by atoms with Crippen LogP contribution in [-0.2, 0) is 11.2 Å². The summed E-state index contributed by atoms with van der Waals surface area (Å²) in [6.07, 6.45) is 2.35. The molecule has 0 radical (unpaired) electrons. The number of ether oxygens (including phenoxy) is 3. The van der Waals surface area contributed by atoms with Crippen LogP contribution in [0.25, 0.3) is 10.9 Å². The van der Waals surface area contributed by atoms with Crippen LogP contribution in [-0.4, -0.2) is 37.8 Å². The van der Waals surface area contributed by atoms with Gasteiger partial charge >= 0.3 is 0 Å². The van der Waals surface area contributed by atoms with Crippen molar-refractivity contribution in [1.82, 2.24) is 10.3 Å². The Labute approximate surface area is 206 Å². The Morgan fingerprint density at radius 1 is 0.943 bits per heavy atom. The molecule has 0 aliphatic rings. The van der Waals surface area contributed by atoms with Crippen molar-refractivity contribution in [3.63, 3.8) is 0 Å². The van der Waals surface area contributed by atoms with Gasteiger partial charge in [-0.3, -0.25) is 4.79 Å². The van der Waals surface area contributed by atoms with Crippen molar-refractivity contribution in [2.75, 3.05) is 20.8 Å². The Morgan fingerprint density at radius 2 is 1.74 bits per heavy atom. The van der Waals surface area contributed by atoms with Gasteiger partial charge in [-0.2, -0.15) is 0 Å². The molecule has 0 saturated heterocycles. The van der Waals surface area contributed by atoms with Crippen LogP contribution in [0.5, 0.6) is 17.2 Å². The number of H-pyrrole nitrogens is 1. The zero-order valence-corrected chi connectivity index (χ0v) is 20.6. The first-order chi connectivity index (χ1) is 17.0. The van der Waals surface area contributed by atoms with Crippen molar-refractivity contribution in [2.45, 2.75) is 32.3 Å². The molecule has 1 aromatic heterocycles. The van der Waals surface area contributed by atoms with Gasteiger partial charge in [0.1, 0.15) is 5.75 Å². The minimum absolute atomic E-state index is 0.0570. The molecule has 0 aliphatic heterocycles. The Morgan fingerprint density at radius 3 is 2.51 bits per heavy atom. The van der Waals surface area contributed by atoms with Gasteiger partial charge in [0.05, 0.1) is 26.7 Å². The predicted octanol–water partition coefficient (Wildman–Crippen LogP) is 5.46. The number of fused-ring (bicyclic) bond motifs is 1. The first-order valence-electron chi connectivity index (χ1n) is 11.8. The summed E-state index contributed by atoms with van der Waals surface area (Å²) < 4.78 is 17.1. The molecule has 0 spiro atoms. The maximum atomic E-state index is 13.0. The lowest BCUT2D eigenvalue weighted by molar-refractivity contribution is -0.120. The average molecular weight is 473 g/mol. The van der Waals surface area contributed by atoms with Crippen molar-refractivity contribution < 1.29 is 19.0 Å². The van der Waals surface area contributed by atoms with E-state index in [0.717, 1.165) is 33.3 Å². The largest absolute Gasteiger partial charge is 0.493 e. The van der Waals surface area contributed by atoms with Crippen LogP contribution in [0, 0.1) is 0 Å². The standard InChI is InChI=1S/C29H32N2O4/c1-19(2)35-21-10-7-9-20(15-21)16-28(32)31-18-25(23-12-8-14-27(33-3)29(23)34-4)24-17-30-26-13-6-5-11-22(24)26/h5-15,17,19,25,30H,16,18H2,1-4H3,(H,31,32). The van der Waals surface area contributed by atoms with Crippen LogP contribution in [0.3, 0.4) is 0 Å². The van der Waals surface area contributed by atoms with E-state index in [1.165, 1.54) is 0 Å². The van der Waals surface area contributed by atoms with E-state index in [-0.39, 0.29) is 24.3 Å². The van der Waals surface area contributed by atoms with E-state index in [4.69, 9.17) is 14.2 Å². The van der Waals surface area contributed by atoms with E-state index in [1.54, 1.807) is 14.2 Å². The first-order valence-corrected chi connectivity index (χ1v) is 11.8. The molecule has 1 unspecified atom stereocenters. The van der Waals surface area contributed by atoms with Gasteiger partial charge in [0.25, 0.3) is 0 Å². The summed E-state index contributed by atoms with van der Waals surface area (Å²) in [7, 11) is 3.26. The summed E-state index contributed by atoms with van der Waals surface area (Å²) in [6.45, 7) is 4.38. The van der Waals surface area contributed by atoms with Crippen LogP contribution < -0.4 is 19.5 Å². The lowest BCUT2D eigenvalue weighted by Gasteiger charge is -2.22. The van der Waals surface area contributed by atoms with Gasteiger partial charge in [-0.1, -0.05) is 42.5 Å². The number of nitrogens with one attached hydrogen (secondary N) is 2. The van der Waals surface area contributed by atoms with Crippen molar-refractivity contribution >= 4 is 16.8 Å². The minimum Gasteiger partial charge on any atom is -0.493 e. The fourth-order valence-electron chi connectivity index (χ4n) is 4.42. The molecule has 35 heavy (non-hydrogen) atoms. The number of carbonyl (C=O) groups is 1. The summed E-state index contributed by atoms with van der Waals surface area (Å²) in [5.74, 6) is 1.89. The number of hydrogen-bond donors (Lipinski definition) is 2. The molecule has 6 heteroatoms. The molecule has 182 valence electrons. The van der Waals surface area contributed by atoms with Crippen LogP contribution in [0.15, 0.2) is 72.9 Å². The summed E-state index contributed by atoms with van der Waals surface area (Å²) in [6, 6.07) is 21.7. The quantitative estimate of drug-likeness (QED) is 0.321. The summed E-state index contributed by atoms with van der Waals surface area (Å²) in [4.78, 5) is 16.3. The Balaban J connectivity index is 1.60. The highest BCUT2D eigenvalue weighted by atomic mass is 16.5. The fourth-order valence-corrected chi connectivity index (χ4v) is 4.42. The lowest BCUT2D eigenvalue weighted by Crippen LogP contribution is -2.30. The number of amides is 1. The molecule has 0 saturated carbocycles. The molecule has 1 amide bonds. The molecular formula is C29H32N2O4. The maximum Gasteiger partial charge on any atom is 0.224 e. The molecule has 6 nitrogen and oxygen atoms in total. The molecule has 0 fully saturated rings. The van der Waals surface area contributed by atoms with E-state index in [0.29, 0.717) is 18.0 Å². The number of aromatic nitrogens is 1. The molecule has 1 heterocycles. The highest BCUT2D eigenvalue weighted by Gasteiger charge is 2.24. The Bertz CT molecular complexity index is 1290. The Kier molecular flexibility index (Phi) is 7.60. The third kappa shape index (κ3) is 5.60. The summed E-state index contributed by atoms with van der Waals surface area (Å²) in [5, 5.41) is 4.25. The SMILES string of the molecule is COc1cccc(C(CNC(=O)Cc2cccc(OC(C)C)c2)c2c[nH]c3ccccc23)c1OC. The van der Waals surface area contributed by atoms with Crippen LogP contribution >= 0.6 is 0 Å². The number of carbonyl (C=O) groups excluding carboxylic acids is 1. The predicted molar refractivity (Wildman–Crippen MR) is 139 cm³/mol. The molecule has 2 N–H and O–H groups in total. The second kappa shape index (κ2) is 11.0. The number of rotatable bonds is 10. The topological polar surface area (TPSA) is 72.6 Å². The van der Waals surface area contributed by atoms with Crippen molar-refractivity contribution in [3.8, 4) is 17.2 Å². The molecule has 3 aromatic carbocycles. The fraction of sp³-hybridized carbons (Fsp3) is 0.276. The van der Waals surface area contributed by atoms with Gasteiger partial charge < -0.3 is 24.5 Å². The minimum atomic E-state index is -0.143. The number of aromatic amines is 1. The summed E-state index contributed by atoms with van der Waals surface area (Å²) in [5.41, 5.74) is 3.98. The zero-order chi connectivity index (χ0) is 24.8. The van der Waals surface area contributed by atoms with Crippen LogP contribution in [0.4, 0.5) is 0 Å². The van der Waals surface area contributed by atoms with Crippen molar-refractivity contribution in [3.05, 3.63) is 89.6 Å². The van der Waals surface area contributed by atoms with Gasteiger partial charge in [0, 0.05) is 35.1 Å². The highest BCUT2D eigenvalue weighted by Crippen LogP contribution is 2.40. The number of para-hydroxylation sites is 2. The van der Waals surface area contributed by atoms with E-state index >= 15 is 0 Å². The smallest absolute Gasteiger partial charge is 0.224 e. The van der Waals surface area contributed by atoms with Gasteiger partial charge in [-0.05, 0) is 49.2 Å². The van der Waals surface area contributed by atoms with Gasteiger partial charge in [-0.25, -0.2) is 0 Å². The van der Waals surface area contributed by atoms with Crippen molar-refractivity contribution in [1.29, 1.82) is 0 Å². The third-order valence-corrected chi connectivity index (χ3v) is 5.94. The normalized spacial score (nSPS) is 11.9. The van der Waals surface area contributed by atoms with Gasteiger partial charge in [-0.15, -0.1) is 0 Å². The van der Waals surface area contributed by atoms with Crippen LogP contribution in [0.2, 0.25) is 0 Å². The number of methoxy groups -OCH3 is 2. The highest BCUT2D eigenvalue weighted by molar-refractivity contribution is 5.85. The molecular weight excluding hydrogens is 440 g/mol. The third-order valence-electron chi connectivity index (χ3n) is 5.94.